The van der Waals surface area contributed by atoms with Crippen LogP contribution in [-0.4, -0.2) is 23.5 Å². The Morgan fingerprint density at radius 3 is 2.50 bits per heavy atom. The highest BCUT2D eigenvalue weighted by atomic mass is 16.4. The summed E-state index contributed by atoms with van der Waals surface area (Å²) in [5.41, 5.74) is 3.41. The van der Waals surface area contributed by atoms with Crippen molar-refractivity contribution in [1.82, 2.24) is 5.32 Å². The molecular formula is C19H20N2O3. The molecular weight excluding hydrogens is 304 g/mol. The van der Waals surface area contributed by atoms with Gasteiger partial charge in [-0.25, -0.2) is 4.79 Å². The topological polar surface area (TPSA) is 69.6 Å². The van der Waals surface area contributed by atoms with Gasteiger partial charge in [-0.2, -0.15) is 0 Å². The summed E-state index contributed by atoms with van der Waals surface area (Å²) in [6, 6.07) is 14.9. The van der Waals surface area contributed by atoms with Gasteiger partial charge in [-0.1, -0.05) is 24.3 Å². The monoisotopic (exact) mass is 324 g/mol. The molecule has 2 N–H and O–H groups in total. The molecule has 1 saturated heterocycles. The lowest BCUT2D eigenvalue weighted by Gasteiger charge is -2.16. The first kappa shape index (κ1) is 16.2. The van der Waals surface area contributed by atoms with Crippen molar-refractivity contribution >= 4 is 17.6 Å². The van der Waals surface area contributed by atoms with E-state index in [1.54, 1.807) is 12.1 Å². The number of amides is 1. The molecule has 1 heterocycles. The highest BCUT2D eigenvalue weighted by Crippen LogP contribution is 2.22. The highest BCUT2D eigenvalue weighted by molar-refractivity contribution is 5.95. The molecule has 124 valence electrons. The summed E-state index contributed by atoms with van der Waals surface area (Å²) in [5.74, 6) is -0.721. The van der Waals surface area contributed by atoms with E-state index in [1.807, 2.05) is 41.3 Å². The van der Waals surface area contributed by atoms with E-state index in [9.17, 15) is 9.59 Å². The molecule has 0 radical (unpaired) electrons. The quantitative estimate of drug-likeness (QED) is 0.857. The largest absolute Gasteiger partial charge is 0.478 e. The molecule has 0 saturated carbocycles. The first-order valence-electron chi connectivity index (χ1n) is 8.06. The molecule has 3 rings (SSSR count). The Morgan fingerprint density at radius 2 is 1.83 bits per heavy atom. The van der Waals surface area contributed by atoms with E-state index in [2.05, 4.69) is 5.32 Å². The number of benzene rings is 2. The predicted octanol–water partition coefficient (Wildman–Crippen LogP) is 2.80. The Morgan fingerprint density at radius 1 is 1.08 bits per heavy atom. The number of carbonyl (C=O) groups excluding carboxylic acids is 1. The second-order valence-electron chi connectivity index (χ2n) is 5.92. The Kier molecular flexibility index (Phi) is 4.91. The van der Waals surface area contributed by atoms with Crippen LogP contribution in [0.5, 0.6) is 0 Å². The Hall–Kier alpha value is -2.66. The predicted molar refractivity (Wildman–Crippen MR) is 92.0 cm³/mol. The molecule has 0 spiro atoms. The van der Waals surface area contributed by atoms with Gasteiger partial charge in [0.2, 0.25) is 5.91 Å². The van der Waals surface area contributed by atoms with Crippen molar-refractivity contribution in [1.29, 1.82) is 0 Å². The van der Waals surface area contributed by atoms with Gasteiger partial charge in [0.05, 0.1) is 5.56 Å². The summed E-state index contributed by atoms with van der Waals surface area (Å²) in [6.07, 6.45) is 1.56. The number of anilines is 1. The summed E-state index contributed by atoms with van der Waals surface area (Å²) in [7, 11) is 0. The van der Waals surface area contributed by atoms with Crippen LogP contribution in [0.3, 0.4) is 0 Å². The lowest BCUT2D eigenvalue weighted by molar-refractivity contribution is -0.117. The van der Waals surface area contributed by atoms with Gasteiger partial charge >= 0.3 is 5.97 Å². The standard InChI is InChI=1S/C19H20N2O3/c22-18-5-2-10-21(18)17-4-1-3-15(11-17)13-20-12-14-6-8-16(9-7-14)19(23)24/h1,3-4,6-9,11,20H,2,5,10,12-13H2,(H,23,24). The second kappa shape index (κ2) is 7.27. The minimum atomic E-state index is -0.914. The molecule has 2 aromatic rings. The smallest absolute Gasteiger partial charge is 0.335 e. The van der Waals surface area contributed by atoms with Crippen molar-refractivity contribution in [3.05, 3.63) is 65.2 Å². The first-order valence-corrected chi connectivity index (χ1v) is 8.06. The fourth-order valence-corrected chi connectivity index (χ4v) is 2.87. The van der Waals surface area contributed by atoms with Crippen LogP contribution in [-0.2, 0) is 17.9 Å². The molecule has 1 fully saturated rings. The molecule has 5 nitrogen and oxygen atoms in total. The average Bonchev–Trinajstić information content (AvgIpc) is 3.02. The van der Waals surface area contributed by atoms with Gasteiger partial charge in [-0.05, 0) is 41.8 Å². The zero-order valence-corrected chi connectivity index (χ0v) is 13.4. The van der Waals surface area contributed by atoms with Crippen LogP contribution in [0.15, 0.2) is 48.5 Å². The van der Waals surface area contributed by atoms with Crippen molar-refractivity contribution in [2.75, 3.05) is 11.4 Å². The third-order valence-electron chi connectivity index (χ3n) is 4.15. The third-order valence-corrected chi connectivity index (χ3v) is 4.15. The number of hydrogen-bond acceptors (Lipinski definition) is 3. The fraction of sp³-hybridized carbons (Fsp3) is 0.263. The number of hydrogen-bond donors (Lipinski definition) is 2. The molecule has 1 aliphatic heterocycles. The molecule has 24 heavy (non-hydrogen) atoms. The molecule has 0 aromatic heterocycles. The fourth-order valence-electron chi connectivity index (χ4n) is 2.87. The van der Waals surface area contributed by atoms with E-state index in [-0.39, 0.29) is 5.91 Å². The zero-order valence-electron chi connectivity index (χ0n) is 13.4. The van der Waals surface area contributed by atoms with Crippen LogP contribution >= 0.6 is 0 Å². The van der Waals surface area contributed by atoms with Gasteiger partial charge in [0.15, 0.2) is 0 Å². The number of nitrogens with one attached hydrogen (secondary N) is 1. The second-order valence-corrected chi connectivity index (χ2v) is 5.92. The minimum Gasteiger partial charge on any atom is -0.478 e. The summed E-state index contributed by atoms with van der Waals surface area (Å²) in [6.45, 7) is 2.15. The zero-order chi connectivity index (χ0) is 16.9. The van der Waals surface area contributed by atoms with E-state index in [0.717, 1.165) is 29.8 Å². The van der Waals surface area contributed by atoms with E-state index in [4.69, 9.17) is 5.11 Å². The van der Waals surface area contributed by atoms with Crippen molar-refractivity contribution < 1.29 is 14.7 Å². The molecule has 2 aromatic carbocycles. The summed E-state index contributed by atoms with van der Waals surface area (Å²) in [5, 5.41) is 12.2. The van der Waals surface area contributed by atoms with Crippen LogP contribution in [0.2, 0.25) is 0 Å². The van der Waals surface area contributed by atoms with Gasteiger partial charge in [-0.15, -0.1) is 0 Å². The number of carboxylic acids is 1. The van der Waals surface area contributed by atoms with Crippen molar-refractivity contribution in [3.63, 3.8) is 0 Å². The molecule has 1 aliphatic rings. The molecule has 1 amide bonds. The SMILES string of the molecule is O=C(O)c1ccc(CNCc2cccc(N3CCCC3=O)c2)cc1. The van der Waals surface area contributed by atoms with Gasteiger partial charge in [-0.3, -0.25) is 4.79 Å². The van der Waals surface area contributed by atoms with Crippen LogP contribution in [0.4, 0.5) is 5.69 Å². The lowest BCUT2D eigenvalue weighted by Crippen LogP contribution is -2.23. The summed E-state index contributed by atoms with van der Waals surface area (Å²) < 4.78 is 0. The van der Waals surface area contributed by atoms with Crippen LogP contribution in [0.1, 0.15) is 34.3 Å². The molecule has 0 unspecified atom stereocenters. The maximum Gasteiger partial charge on any atom is 0.335 e. The van der Waals surface area contributed by atoms with E-state index >= 15 is 0 Å². The van der Waals surface area contributed by atoms with Crippen molar-refractivity contribution in [3.8, 4) is 0 Å². The Balaban J connectivity index is 1.57. The summed E-state index contributed by atoms with van der Waals surface area (Å²) >= 11 is 0. The minimum absolute atomic E-state index is 0.193. The number of rotatable bonds is 6. The number of nitrogens with zero attached hydrogens (tertiary/aromatic N) is 1. The van der Waals surface area contributed by atoms with Gasteiger partial charge in [0.1, 0.15) is 0 Å². The lowest BCUT2D eigenvalue weighted by atomic mass is 10.1. The number of carbonyl (C=O) groups is 2. The van der Waals surface area contributed by atoms with Gasteiger partial charge in [0, 0.05) is 31.7 Å². The normalized spacial score (nSPS) is 14.2. The maximum absolute atomic E-state index is 11.8. The first-order chi connectivity index (χ1) is 11.6. The molecule has 5 heteroatoms. The van der Waals surface area contributed by atoms with Crippen LogP contribution in [0, 0.1) is 0 Å². The molecule has 0 bridgehead atoms. The number of carboxylic acid groups (broad SMARTS) is 1. The average molecular weight is 324 g/mol. The van der Waals surface area contributed by atoms with Crippen LogP contribution in [0.25, 0.3) is 0 Å². The third kappa shape index (κ3) is 3.81. The summed E-state index contributed by atoms with van der Waals surface area (Å²) in [4.78, 5) is 24.5. The highest BCUT2D eigenvalue weighted by Gasteiger charge is 2.21. The van der Waals surface area contributed by atoms with E-state index < -0.39 is 5.97 Å². The van der Waals surface area contributed by atoms with Crippen molar-refractivity contribution in [2.45, 2.75) is 25.9 Å². The maximum atomic E-state index is 11.8. The number of aromatic carboxylic acids is 1. The van der Waals surface area contributed by atoms with Crippen molar-refractivity contribution in [2.24, 2.45) is 0 Å². The van der Waals surface area contributed by atoms with Gasteiger partial charge < -0.3 is 15.3 Å². The molecule has 0 aliphatic carbocycles. The van der Waals surface area contributed by atoms with Gasteiger partial charge in [0.25, 0.3) is 0 Å². The Labute approximate surface area is 140 Å². The Bertz CT molecular complexity index is 741. The van der Waals surface area contributed by atoms with E-state index in [0.29, 0.717) is 25.1 Å². The van der Waals surface area contributed by atoms with E-state index in [1.165, 1.54) is 0 Å². The van der Waals surface area contributed by atoms with Crippen LogP contribution < -0.4 is 10.2 Å². The molecule has 0 atom stereocenters.